The second kappa shape index (κ2) is 8.18. The van der Waals surface area contributed by atoms with Gasteiger partial charge in [0.1, 0.15) is 17.4 Å². The molecule has 138 valence electrons. The van der Waals surface area contributed by atoms with Gasteiger partial charge in [0, 0.05) is 17.5 Å². The quantitative estimate of drug-likeness (QED) is 0.708. The van der Waals surface area contributed by atoms with E-state index in [0.29, 0.717) is 5.92 Å². The van der Waals surface area contributed by atoms with Gasteiger partial charge >= 0.3 is 0 Å². The Morgan fingerprint density at radius 1 is 0.963 bits per heavy atom. The predicted octanol–water partition coefficient (Wildman–Crippen LogP) is 4.36. The van der Waals surface area contributed by atoms with Crippen LogP contribution in [0, 0.1) is 0 Å². The van der Waals surface area contributed by atoms with Crippen LogP contribution in [-0.2, 0) is 0 Å². The van der Waals surface area contributed by atoms with Crippen molar-refractivity contribution in [1.82, 2.24) is 15.3 Å². The molecule has 5 heteroatoms. The predicted molar refractivity (Wildman–Crippen MR) is 109 cm³/mol. The first-order chi connectivity index (χ1) is 13.3. The molecule has 0 bridgehead atoms. The molecular weight excluding hydrogens is 336 g/mol. The molecule has 3 aromatic rings. The van der Waals surface area contributed by atoms with Gasteiger partial charge in [0.2, 0.25) is 0 Å². The molecule has 4 rings (SSSR count). The van der Waals surface area contributed by atoms with Gasteiger partial charge in [-0.2, -0.15) is 0 Å². The monoisotopic (exact) mass is 360 g/mol. The molecule has 0 saturated carbocycles. The summed E-state index contributed by atoms with van der Waals surface area (Å²) >= 11 is 0. The summed E-state index contributed by atoms with van der Waals surface area (Å²) in [7, 11) is 1.68. The van der Waals surface area contributed by atoms with E-state index in [-0.39, 0.29) is 0 Å². The van der Waals surface area contributed by atoms with E-state index < -0.39 is 0 Å². The summed E-state index contributed by atoms with van der Waals surface area (Å²) in [6, 6.07) is 20.1. The Bertz CT molecular complexity index is 892. The van der Waals surface area contributed by atoms with Crippen molar-refractivity contribution in [3.63, 3.8) is 0 Å². The highest BCUT2D eigenvalue weighted by Crippen LogP contribution is 2.30. The fourth-order valence-corrected chi connectivity index (χ4v) is 3.44. The summed E-state index contributed by atoms with van der Waals surface area (Å²) in [5, 5.41) is 6.83. The van der Waals surface area contributed by atoms with Crippen LogP contribution in [-0.4, -0.2) is 30.2 Å². The van der Waals surface area contributed by atoms with Gasteiger partial charge in [0.15, 0.2) is 0 Å². The van der Waals surface area contributed by atoms with Crippen molar-refractivity contribution in [2.24, 2.45) is 0 Å². The lowest BCUT2D eigenvalue weighted by atomic mass is 9.97. The van der Waals surface area contributed by atoms with Crippen LogP contribution in [0.15, 0.2) is 60.7 Å². The Hall–Kier alpha value is -2.92. The highest BCUT2D eigenvalue weighted by atomic mass is 16.5. The minimum absolute atomic E-state index is 0.383. The maximum atomic E-state index is 5.46. The molecular formula is C22H24N4O. The van der Waals surface area contributed by atoms with E-state index in [9.17, 15) is 0 Å². The third-order valence-corrected chi connectivity index (χ3v) is 4.89. The van der Waals surface area contributed by atoms with Crippen molar-refractivity contribution in [2.75, 3.05) is 25.5 Å². The summed E-state index contributed by atoms with van der Waals surface area (Å²) in [5.74, 6) is 2.88. The van der Waals surface area contributed by atoms with Crippen LogP contribution in [0.5, 0.6) is 5.75 Å². The minimum Gasteiger partial charge on any atom is -0.495 e. The molecule has 1 aliphatic rings. The van der Waals surface area contributed by atoms with Gasteiger partial charge < -0.3 is 15.4 Å². The molecule has 2 heterocycles. The van der Waals surface area contributed by atoms with E-state index in [1.807, 2.05) is 48.5 Å². The molecule has 1 fully saturated rings. The lowest BCUT2D eigenvalue weighted by Gasteiger charge is -2.22. The van der Waals surface area contributed by atoms with Gasteiger partial charge in [-0.3, -0.25) is 0 Å². The average Bonchev–Trinajstić information content (AvgIpc) is 2.75. The number of anilines is 2. The summed E-state index contributed by atoms with van der Waals surface area (Å²) < 4.78 is 5.46. The first-order valence-corrected chi connectivity index (χ1v) is 9.38. The molecule has 0 amide bonds. The molecule has 0 radical (unpaired) electrons. The van der Waals surface area contributed by atoms with Crippen LogP contribution in [0.1, 0.15) is 24.6 Å². The number of hydrogen-bond acceptors (Lipinski definition) is 5. The number of hydrogen-bond donors (Lipinski definition) is 2. The number of rotatable bonds is 5. The van der Waals surface area contributed by atoms with Crippen LogP contribution < -0.4 is 15.4 Å². The maximum Gasteiger partial charge on any atom is 0.142 e. The third kappa shape index (κ3) is 4.09. The Kier molecular flexibility index (Phi) is 5.30. The van der Waals surface area contributed by atoms with Crippen LogP contribution >= 0.6 is 0 Å². The zero-order valence-corrected chi connectivity index (χ0v) is 15.5. The zero-order chi connectivity index (χ0) is 18.5. The van der Waals surface area contributed by atoms with Gasteiger partial charge in [-0.1, -0.05) is 42.5 Å². The first-order valence-electron chi connectivity index (χ1n) is 9.38. The number of nitrogens with zero attached hydrogens (tertiary/aromatic N) is 2. The van der Waals surface area contributed by atoms with E-state index in [1.165, 1.54) is 0 Å². The molecule has 2 aromatic carbocycles. The first kappa shape index (κ1) is 17.5. The molecule has 0 spiro atoms. The number of nitrogens with one attached hydrogen (secondary N) is 2. The maximum absolute atomic E-state index is 5.46. The number of aromatic nitrogens is 2. The van der Waals surface area contributed by atoms with Crippen molar-refractivity contribution in [3.8, 4) is 17.0 Å². The standard InChI is InChI=1S/C22H24N4O/c1-27-20-10-6-5-9-18(20)24-21-15-19(16-7-3-2-4-8-16)25-22(26-21)17-11-13-23-14-12-17/h2-10,15,17,23H,11-14H2,1H3,(H,24,25,26). The fraction of sp³-hybridized carbons (Fsp3) is 0.273. The van der Waals surface area contributed by atoms with Crippen molar-refractivity contribution in [2.45, 2.75) is 18.8 Å². The Morgan fingerprint density at radius 3 is 2.48 bits per heavy atom. The molecule has 1 saturated heterocycles. The van der Waals surface area contributed by atoms with Gasteiger partial charge in [0.05, 0.1) is 18.5 Å². The normalized spacial score (nSPS) is 14.7. The van der Waals surface area contributed by atoms with Crippen molar-refractivity contribution in [1.29, 1.82) is 0 Å². The third-order valence-electron chi connectivity index (χ3n) is 4.89. The molecule has 0 unspecified atom stereocenters. The van der Waals surface area contributed by atoms with E-state index in [1.54, 1.807) is 7.11 Å². The van der Waals surface area contributed by atoms with Crippen molar-refractivity contribution >= 4 is 11.5 Å². The van der Waals surface area contributed by atoms with E-state index >= 15 is 0 Å². The number of benzene rings is 2. The Labute approximate surface area is 159 Å². The number of methoxy groups -OCH3 is 1. The molecule has 1 aromatic heterocycles. The summed E-state index contributed by atoms with van der Waals surface area (Å²) in [5.41, 5.74) is 2.93. The summed E-state index contributed by atoms with van der Waals surface area (Å²) in [6.07, 6.45) is 2.12. The number of ether oxygens (including phenoxy) is 1. The smallest absolute Gasteiger partial charge is 0.142 e. The van der Waals surface area contributed by atoms with Crippen molar-refractivity contribution < 1.29 is 4.74 Å². The molecule has 0 atom stereocenters. The number of piperidine rings is 1. The summed E-state index contributed by atoms with van der Waals surface area (Å²) in [4.78, 5) is 9.75. The highest BCUT2D eigenvalue weighted by Gasteiger charge is 2.20. The topological polar surface area (TPSA) is 59.1 Å². The van der Waals surface area contributed by atoms with Crippen LogP contribution in [0.3, 0.4) is 0 Å². The van der Waals surface area contributed by atoms with Crippen molar-refractivity contribution in [3.05, 3.63) is 66.5 Å². The SMILES string of the molecule is COc1ccccc1Nc1cc(-c2ccccc2)nc(C2CCNCC2)n1. The van der Waals surface area contributed by atoms with E-state index in [2.05, 4.69) is 22.8 Å². The largest absolute Gasteiger partial charge is 0.495 e. The Morgan fingerprint density at radius 2 is 1.70 bits per heavy atom. The lowest BCUT2D eigenvalue weighted by Crippen LogP contribution is -2.27. The minimum atomic E-state index is 0.383. The number of para-hydroxylation sites is 2. The van der Waals surface area contributed by atoms with Crippen LogP contribution in [0.25, 0.3) is 11.3 Å². The van der Waals surface area contributed by atoms with Gasteiger partial charge in [-0.25, -0.2) is 9.97 Å². The Balaban J connectivity index is 1.73. The second-order valence-corrected chi connectivity index (χ2v) is 6.71. The van der Waals surface area contributed by atoms with Gasteiger partial charge in [0.25, 0.3) is 0 Å². The van der Waals surface area contributed by atoms with Gasteiger partial charge in [-0.05, 0) is 38.1 Å². The fourth-order valence-electron chi connectivity index (χ4n) is 3.44. The highest BCUT2D eigenvalue weighted by molar-refractivity contribution is 5.68. The summed E-state index contributed by atoms with van der Waals surface area (Å²) in [6.45, 7) is 2.03. The van der Waals surface area contributed by atoms with Crippen LogP contribution in [0.4, 0.5) is 11.5 Å². The molecule has 27 heavy (non-hydrogen) atoms. The molecule has 1 aliphatic heterocycles. The van der Waals surface area contributed by atoms with Gasteiger partial charge in [-0.15, -0.1) is 0 Å². The molecule has 2 N–H and O–H groups in total. The second-order valence-electron chi connectivity index (χ2n) is 6.71. The van der Waals surface area contributed by atoms with E-state index in [4.69, 9.17) is 14.7 Å². The zero-order valence-electron chi connectivity index (χ0n) is 15.5. The van der Waals surface area contributed by atoms with Crippen LogP contribution in [0.2, 0.25) is 0 Å². The lowest BCUT2D eigenvalue weighted by molar-refractivity contribution is 0.417. The molecule has 0 aliphatic carbocycles. The van der Waals surface area contributed by atoms with E-state index in [0.717, 1.165) is 60.3 Å². The average molecular weight is 360 g/mol. The molecule has 5 nitrogen and oxygen atoms in total.